The van der Waals surface area contributed by atoms with Crippen molar-refractivity contribution in [2.45, 2.75) is 44.3 Å². The average molecular weight is 464 g/mol. The van der Waals surface area contributed by atoms with Crippen molar-refractivity contribution in [2.75, 3.05) is 31.6 Å². The molecule has 1 aliphatic carbocycles. The van der Waals surface area contributed by atoms with E-state index in [2.05, 4.69) is 20.4 Å². The molecule has 0 amide bonds. The van der Waals surface area contributed by atoms with Gasteiger partial charge in [0.1, 0.15) is 10.6 Å². The monoisotopic (exact) mass is 463 g/mol. The second kappa shape index (κ2) is 7.93. The van der Waals surface area contributed by atoms with Crippen LogP contribution in [0.15, 0.2) is 16.8 Å². The number of nitrogens with one attached hydrogen (secondary N) is 2. The summed E-state index contributed by atoms with van der Waals surface area (Å²) >= 11 is 0.951. The zero-order valence-electron chi connectivity index (χ0n) is 17.5. The molecule has 32 heavy (non-hydrogen) atoms. The lowest BCUT2D eigenvalue weighted by Crippen LogP contribution is -2.42. The Labute approximate surface area is 187 Å². The molecular formula is C19H25N7O5S. The number of aromatic nitrogens is 4. The predicted molar refractivity (Wildman–Crippen MR) is 115 cm³/mol. The van der Waals surface area contributed by atoms with Gasteiger partial charge in [-0.15, -0.1) is 0 Å². The van der Waals surface area contributed by atoms with Gasteiger partial charge in [0.15, 0.2) is 5.65 Å². The summed E-state index contributed by atoms with van der Waals surface area (Å²) in [6.07, 6.45) is 4.06. The molecule has 1 saturated carbocycles. The van der Waals surface area contributed by atoms with Crippen molar-refractivity contribution in [3.05, 3.63) is 22.5 Å². The molecular weight excluding hydrogens is 438 g/mol. The van der Waals surface area contributed by atoms with Gasteiger partial charge in [-0.05, 0) is 31.7 Å². The smallest absolute Gasteiger partial charge is 0.314 e. The molecule has 172 valence electrons. The first kappa shape index (κ1) is 21.6. The molecule has 1 spiro atoms. The molecule has 2 fully saturated rings. The Morgan fingerprint density at radius 2 is 2.09 bits per heavy atom. The van der Waals surface area contributed by atoms with Crippen molar-refractivity contribution in [1.29, 1.82) is 5.41 Å². The fourth-order valence-electron chi connectivity index (χ4n) is 3.85. The average Bonchev–Trinajstić information content (AvgIpc) is 3.41. The van der Waals surface area contributed by atoms with Crippen LogP contribution in [0.2, 0.25) is 0 Å². The molecule has 12 nitrogen and oxygen atoms in total. The van der Waals surface area contributed by atoms with E-state index in [1.54, 1.807) is 10.9 Å². The number of ether oxygens (including phenoxy) is 2. The van der Waals surface area contributed by atoms with E-state index in [-0.39, 0.29) is 34.7 Å². The van der Waals surface area contributed by atoms with Crippen LogP contribution in [0.1, 0.15) is 25.0 Å². The molecule has 0 radical (unpaired) electrons. The maximum atomic E-state index is 10.2. The largest absolute Gasteiger partial charge is 0.476 e. The number of aryl methyl sites for hydroxylation is 2. The van der Waals surface area contributed by atoms with Crippen molar-refractivity contribution in [2.24, 2.45) is 0 Å². The lowest BCUT2D eigenvalue weighted by Gasteiger charge is -2.34. The minimum atomic E-state index is -3.21. The number of morpholine rings is 1. The topological polar surface area (TPSA) is 162 Å². The molecule has 0 aromatic carbocycles. The summed E-state index contributed by atoms with van der Waals surface area (Å²) in [4.78, 5) is 8.50. The maximum Gasteiger partial charge on any atom is 0.314 e. The van der Waals surface area contributed by atoms with Crippen molar-refractivity contribution in [3.8, 4) is 0 Å². The number of anilines is 1. The first-order valence-corrected chi connectivity index (χ1v) is 11.2. The Hall–Kier alpha value is -2.29. The quantitative estimate of drug-likeness (QED) is 0.314. The molecule has 4 heterocycles. The first-order chi connectivity index (χ1) is 15.2. The van der Waals surface area contributed by atoms with Crippen molar-refractivity contribution >= 4 is 34.8 Å². The number of nitrogens with zero attached hydrogens (tertiary/aromatic N) is 5. The second-order valence-electron chi connectivity index (χ2n) is 8.22. The highest BCUT2D eigenvalue weighted by Crippen LogP contribution is 2.45. The van der Waals surface area contributed by atoms with Gasteiger partial charge in [0.2, 0.25) is 11.8 Å². The van der Waals surface area contributed by atoms with Crippen molar-refractivity contribution < 1.29 is 24.8 Å². The summed E-state index contributed by atoms with van der Waals surface area (Å²) in [5.41, 5.74) is 1.09. The van der Waals surface area contributed by atoms with E-state index in [0.29, 0.717) is 38.3 Å². The van der Waals surface area contributed by atoms with E-state index in [1.165, 1.54) is 0 Å². The third-order valence-electron chi connectivity index (χ3n) is 5.67. The van der Waals surface area contributed by atoms with E-state index in [1.807, 2.05) is 11.2 Å². The van der Waals surface area contributed by atoms with Crippen LogP contribution < -0.4 is 5.32 Å². The molecule has 2 aromatic heterocycles. The van der Waals surface area contributed by atoms with Gasteiger partial charge in [-0.1, -0.05) is 0 Å². The van der Waals surface area contributed by atoms with Crippen LogP contribution >= 0.6 is 11.9 Å². The highest BCUT2D eigenvalue weighted by molar-refractivity contribution is 8.01. The second-order valence-corrected chi connectivity index (χ2v) is 9.33. The Balaban J connectivity index is 1.54. The van der Waals surface area contributed by atoms with Crippen LogP contribution in [0.4, 0.5) is 5.95 Å². The van der Waals surface area contributed by atoms with Crippen molar-refractivity contribution in [3.63, 3.8) is 0 Å². The van der Waals surface area contributed by atoms with Gasteiger partial charge in [0.25, 0.3) is 0 Å². The molecule has 1 saturated heterocycles. The number of aliphatic hydroxyl groups is 3. The summed E-state index contributed by atoms with van der Waals surface area (Å²) in [5, 5.41) is 47.1. The molecule has 3 aliphatic rings. The molecule has 2 bridgehead atoms. The lowest BCUT2D eigenvalue weighted by molar-refractivity contribution is -0.276. The van der Waals surface area contributed by atoms with Gasteiger partial charge in [-0.25, -0.2) is 14.0 Å². The van der Waals surface area contributed by atoms with Crippen LogP contribution in [0, 0.1) is 12.3 Å². The molecule has 13 heteroatoms. The van der Waals surface area contributed by atoms with Gasteiger partial charge in [0.05, 0.1) is 29.9 Å². The number of rotatable bonds is 3. The van der Waals surface area contributed by atoms with Gasteiger partial charge >= 0.3 is 5.97 Å². The zero-order chi connectivity index (χ0) is 22.5. The van der Waals surface area contributed by atoms with Crippen LogP contribution in [0.3, 0.4) is 0 Å². The van der Waals surface area contributed by atoms with Crippen LogP contribution in [0.25, 0.3) is 11.0 Å². The van der Waals surface area contributed by atoms with E-state index in [4.69, 9.17) is 14.9 Å². The molecule has 2 aromatic rings. The lowest BCUT2D eigenvalue weighted by atomic mass is 10.3. The van der Waals surface area contributed by atoms with Gasteiger partial charge in [-0.2, -0.15) is 10.1 Å². The fourth-order valence-corrected chi connectivity index (χ4v) is 4.93. The minimum absolute atomic E-state index is 0.117. The van der Waals surface area contributed by atoms with Gasteiger partial charge in [-0.3, -0.25) is 5.41 Å². The number of fused-ring (bicyclic) bond motifs is 1. The van der Waals surface area contributed by atoms with Crippen molar-refractivity contribution in [1.82, 2.24) is 24.1 Å². The Morgan fingerprint density at radius 1 is 1.28 bits per heavy atom. The molecule has 2 aliphatic heterocycles. The van der Waals surface area contributed by atoms with E-state index in [0.717, 1.165) is 35.9 Å². The van der Waals surface area contributed by atoms with E-state index < -0.39 is 5.97 Å². The minimum Gasteiger partial charge on any atom is -0.476 e. The molecule has 5 rings (SSSR count). The summed E-state index contributed by atoms with van der Waals surface area (Å²) in [6, 6.07) is 0. The molecule has 0 unspecified atom stereocenters. The predicted octanol–water partition coefficient (Wildman–Crippen LogP) is 0.299. The van der Waals surface area contributed by atoms with E-state index in [9.17, 15) is 15.3 Å². The number of hydrogen-bond donors (Lipinski definition) is 5. The van der Waals surface area contributed by atoms with Crippen LogP contribution in [-0.4, -0.2) is 83.1 Å². The molecule has 5 N–H and O–H groups in total. The van der Waals surface area contributed by atoms with Gasteiger partial charge < -0.3 is 30.1 Å². The Morgan fingerprint density at radius 3 is 2.84 bits per heavy atom. The third kappa shape index (κ3) is 4.19. The van der Waals surface area contributed by atoms with Gasteiger partial charge in [0, 0.05) is 32.3 Å². The zero-order valence-corrected chi connectivity index (χ0v) is 18.4. The third-order valence-corrected chi connectivity index (χ3v) is 6.90. The fraction of sp³-hybridized carbons (Fsp3) is 0.579. The summed E-state index contributed by atoms with van der Waals surface area (Å²) in [6.45, 7) is 4.19. The maximum absolute atomic E-state index is 10.2. The molecule has 0 atom stereocenters. The summed E-state index contributed by atoms with van der Waals surface area (Å²) in [7, 11) is 0. The highest BCUT2D eigenvalue weighted by atomic mass is 32.2. The Bertz CT molecular complexity index is 1090. The summed E-state index contributed by atoms with van der Waals surface area (Å²) in [5.74, 6) is -3.45. The van der Waals surface area contributed by atoms with Crippen LogP contribution in [-0.2, 0) is 16.0 Å². The number of hydrogen-bond acceptors (Lipinski definition) is 12. The van der Waals surface area contributed by atoms with Crippen LogP contribution in [0.5, 0.6) is 0 Å². The Kier molecular flexibility index (Phi) is 5.34. The normalized spacial score (nSPS) is 23.1. The van der Waals surface area contributed by atoms with E-state index >= 15 is 0 Å². The SMILES string of the molecule is Cc1nn2c3nc(ncc13)N/C(=C(/SN1CCOC3(CC3)C1)C(O)(O)O)C(=N)OCCC2. The highest BCUT2D eigenvalue weighted by Gasteiger charge is 2.48. The summed E-state index contributed by atoms with van der Waals surface area (Å²) < 4.78 is 15.0. The standard InChI is InChI=1S/C19H25N7O5S/c1-11-12-9-21-17-22-13(15(20)30-7-2-5-26(24-11)16(12)23-17)14(19(27,28)29)32-25-6-8-31-18(10-25)3-4-18/h9,20,27-29H,2-8,10H2,1H3,(H,21,22,23)/b14-13+,20-15?. The first-order valence-electron chi connectivity index (χ1n) is 10.4.